The van der Waals surface area contributed by atoms with Crippen molar-refractivity contribution in [1.29, 1.82) is 0 Å². The number of nitrogens with zero attached hydrogens (tertiary/aromatic N) is 2. The molecule has 17 heavy (non-hydrogen) atoms. The Balaban J connectivity index is 1.90. The average molecular weight is 255 g/mol. The molecule has 0 bridgehead atoms. The molecule has 6 heteroatoms. The summed E-state index contributed by atoms with van der Waals surface area (Å²) in [5, 5.41) is 6.52. The monoisotopic (exact) mass is 255 g/mol. The summed E-state index contributed by atoms with van der Waals surface area (Å²) in [6.07, 6.45) is 0. The number of carbonyl (C=O) groups is 1. The number of anilines is 1. The molecule has 1 aliphatic heterocycles. The lowest BCUT2D eigenvalue weighted by Crippen LogP contribution is -2.46. The van der Waals surface area contributed by atoms with Gasteiger partial charge in [0.1, 0.15) is 5.76 Å². The minimum atomic E-state index is -0.118. The Morgan fingerprint density at radius 1 is 1.59 bits per heavy atom. The van der Waals surface area contributed by atoms with Gasteiger partial charge in [0.05, 0.1) is 6.04 Å². The molecule has 0 unspecified atom stereocenters. The Hall–Kier alpha value is -1.01. The van der Waals surface area contributed by atoms with Gasteiger partial charge < -0.3 is 9.84 Å². The van der Waals surface area contributed by atoms with Crippen molar-refractivity contribution in [2.45, 2.75) is 19.9 Å². The fourth-order valence-corrected chi connectivity index (χ4v) is 2.72. The minimum absolute atomic E-state index is 0.0230. The third-order valence-corrected chi connectivity index (χ3v) is 3.79. The van der Waals surface area contributed by atoms with Crippen LogP contribution in [-0.4, -0.2) is 46.6 Å². The fraction of sp³-hybridized carbons (Fsp3) is 0.636. The number of carbonyl (C=O) groups excluding carboxylic acids is 1. The van der Waals surface area contributed by atoms with Crippen molar-refractivity contribution in [2.24, 2.45) is 0 Å². The topological polar surface area (TPSA) is 58.4 Å². The number of thioether (sulfide) groups is 1. The van der Waals surface area contributed by atoms with Crippen LogP contribution in [0, 0.1) is 6.92 Å². The van der Waals surface area contributed by atoms with Crippen LogP contribution in [0.25, 0.3) is 0 Å². The average Bonchev–Trinajstić information content (AvgIpc) is 2.75. The Morgan fingerprint density at radius 3 is 2.88 bits per heavy atom. The molecule has 0 spiro atoms. The zero-order valence-electron chi connectivity index (χ0n) is 10.1. The van der Waals surface area contributed by atoms with E-state index in [2.05, 4.69) is 15.4 Å². The Labute approximate surface area is 105 Å². The third kappa shape index (κ3) is 3.23. The third-order valence-electron chi connectivity index (χ3n) is 2.85. The Bertz CT molecular complexity index is 388. The van der Waals surface area contributed by atoms with E-state index in [1.165, 1.54) is 0 Å². The summed E-state index contributed by atoms with van der Waals surface area (Å²) in [5.41, 5.74) is 0. The van der Waals surface area contributed by atoms with E-state index >= 15 is 0 Å². The summed E-state index contributed by atoms with van der Waals surface area (Å²) in [6.45, 7) is 5.67. The molecule has 2 rings (SSSR count). The molecule has 1 aliphatic rings. The largest absolute Gasteiger partial charge is 0.360 e. The SMILES string of the molecule is Cc1cc(NC(=O)[C@@H](C)N2CCSCC2)no1. The van der Waals surface area contributed by atoms with Crippen LogP contribution in [0.5, 0.6) is 0 Å². The molecule has 1 atom stereocenters. The first-order valence-corrected chi connectivity index (χ1v) is 6.88. The molecule has 94 valence electrons. The maximum absolute atomic E-state index is 12.0. The maximum Gasteiger partial charge on any atom is 0.242 e. The number of aromatic nitrogens is 1. The summed E-state index contributed by atoms with van der Waals surface area (Å²) < 4.78 is 4.91. The second-order valence-corrected chi connectivity index (χ2v) is 5.36. The highest BCUT2D eigenvalue weighted by Gasteiger charge is 2.23. The number of amides is 1. The molecule has 1 fully saturated rings. The predicted molar refractivity (Wildman–Crippen MR) is 68.2 cm³/mol. The molecule has 0 aliphatic carbocycles. The van der Waals surface area contributed by atoms with Crippen molar-refractivity contribution >= 4 is 23.5 Å². The van der Waals surface area contributed by atoms with Crippen molar-refractivity contribution < 1.29 is 9.32 Å². The summed E-state index contributed by atoms with van der Waals surface area (Å²) in [5.74, 6) is 3.36. The first-order valence-electron chi connectivity index (χ1n) is 5.73. The zero-order valence-corrected chi connectivity index (χ0v) is 10.9. The number of rotatable bonds is 3. The van der Waals surface area contributed by atoms with E-state index in [4.69, 9.17) is 4.52 Å². The van der Waals surface area contributed by atoms with E-state index < -0.39 is 0 Å². The second-order valence-electron chi connectivity index (χ2n) is 4.14. The molecule has 1 saturated heterocycles. The number of aryl methyl sites for hydroxylation is 1. The molecule has 0 aromatic carbocycles. The van der Waals surface area contributed by atoms with Gasteiger partial charge in [-0.3, -0.25) is 9.69 Å². The van der Waals surface area contributed by atoms with Gasteiger partial charge in [-0.15, -0.1) is 0 Å². The fourth-order valence-electron chi connectivity index (χ4n) is 1.79. The quantitative estimate of drug-likeness (QED) is 0.883. The minimum Gasteiger partial charge on any atom is -0.360 e. The van der Waals surface area contributed by atoms with Gasteiger partial charge in [-0.05, 0) is 13.8 Å². The van der Waals surface area contributed by atoms with Crippen LogP contribution >= 0.6 is 11.8 Å². The normalized spacial score (nSPS) is 18.9. The number of hydrogen-bond donors (Lipinski definition) is 1. The highest BCUT2D eigenvalue weighted by molar-refractivity contribution is 7.99. The molecule has 0 radical (unpaired) electrons. The van der Waals surface area contributed by atoms with Crippen LogP contribution in [0.15, 0.2) is 10.6 Å². The van der Waals surface area contributed by atoms with Gasteiger partial charge in [-0.2, -0.15) is 11.8 Å². The van der Waals surface area contributed by atoms with Crippen LogP contribution in [-0.2, 0) is 4.79 Å². The Kier molecular flexibility index (Phi) is 4.06. The molecule has 1 aromatic rings. The molecule has 1 amide bonds. The van der Waals surface area contributed by atoms with Crippen molar-refractivity contribution in [1.82, 2.24) is 10.1 Å². The maximum atomic E-state index is 12.0. The van der Waals surface area contributed by atoms with Gasteiger partial charge in [0.25, 0.3) is 0 Å². The lowest BCUT2D eigenvalue weighted by Gasteiger charge is -2.30. The molecule has 1 N–H and O–H groups in total. The van der Waals surface area contributed by atoms with Gasteiger partial charge in [0, 0.05) is 30.7 Å². The van der Waals surface area contributed by atoms with Gasteiger partial charge >= 0.3 is 0 Å². The van der Waals surface area contributed by atoms with E-state index in [0.717, 1.165) is 24.6 Å². The highest BCUT2D eigenvalue weighted by atomic mass is 32.2. The lowest BCUT2D eigenvalue weighted by atomic mass is 10.2. The standard InChI is InChI=1S/C11H17N3O2S/c1-8-7-10(13-16-8)12-11(15)9(2)14-3-5-17-6-4-14/h7,9H,3-6H2,1-2H3,(H,12,13,15)/t9-/m1/s1. The van der Waals surface area contributed by atoms with E-state index in [1.807, 2.05) is 18.7 Å². The first kappa shape index (κ1) is 12.4. The summed E-state index contributed by atoms with van der Waals surface area (Å²) in [6, 6.07) is 1.60. The lowest BCUT2D eigenvalue weighted by molar-refractivity contribution is -0.120. The van der Waals surface area contributed by atoms with Gasteiger partial charge in [-0.25, -0.2) is 0 Å². The van der Waals surface area contributed by atoms with Crippen molar-refractivity contribution in [2.75, 3.05) is 29.9 Å². The molecule has 5 nitrogen and oxygen atoms in total. The summed E-state index contributed by atoms with van der Waals surface area (Å²) in [4.78, 5) is 14.2. The van der Waals surface area contributed by atoms with E-state index in [-0.39, 0.29) is 11.9 Å². The van der Waals surface area contributed by atoms with Gasteiger partial charge in [0.2, 0.25) is 5.91 Å². The molecule has 1 aromatic heterocycles. The van der Waals surface area contributed by atoms with E-state index in [0.29, 0.717) is 11.6 Å². The molecular formula is C11H17N3O2S. The number of hydrogen-bond acceptors (Lipinski definition) is 5. The van der Waals surface area contributed by atoms with Crippen molar-refractivity contribution in [3.8, 4) is 0 Å². The van der Waals surface area contributed by atoms with Crippen molar-refractivity contribution in [3.05, 3.63) is 11.8 Å². The Morgan fingerprint density at radius 2 is 2.29 bits per heavy atom. The van der Waals surface area contributed by atoms with Crippen LogP contribution in [0.4, 0.5) is 5.82 Å². The second kappa shape index (κ2) is 5.55. The zero-order chi connectivity index (χ0) is 12.3. The molecule has 0 saturated carbocycles. The summed E-state index contributed by atoms with van der Waals surface area (Å²) >= 11 is 1.93. The van der Waals surface area contributed by atoms with Gasteiger partial charge in [-0.1, -0.05) is 5.16 Å². The summed E-state index contributed by atoms with van der Waals surface area (Å²) in [7, 11) is 0. The smallest absolute Gasteiger partial charge is 0.242 e. The van der Waals surface area contributed by atoms with E-state index in [9.17, 15) is 4.79 Å². The highest BCUT2D eigenvalue weighted by Crippen LogP contribution is 2.14. The predicted octanol–water partition coefficient (Wildman–Crippen LogP) is 1.36. The van der Waals surface area contributed by atoms with Crippen LogP contribution in [0.3, 0.4) is 0 Å². The van der Waals surface area contributed by atoms with Crippen LogP contribution < -0.4 is 5.32 Å². The number of nitrogens with one attached hydrogen (secondary N) is 1. The molecular weight excluding hydrogens is 238 g/mol. The van der Waals surface area contributed by atoms with Crippen molar-refractivity contribution in [3.63, 3.8) is 0 Å². The van der Waals surface area contributed by atoms with E-state index in [1.54, 1.807) is 13.0 Å². The van der Waals surface area contributed by atoms with Crippen LogP contribution in [0.1, 0.15) is 12.7 Å². The first-order chi connectivity index (χ1) is 8.16. The van der Waals surface area contributed by atoms with Crippen LogP contribution in [0.2, 0.25) is 0 Å². The molecule has 2 heterocycles. The van der Waals surface area contributed by atoms with Gasteiger partial charge in [0.15, 0.2) is 5.82 Å².